The molecule has 1 fully saturated rings. The summed E-state index contributed by atoms with van der Waals surface area (Å²) in [5.41, 5.74) is 3.04. The number of hydrogen-bond acceptors (Lipinski definition) is 10. The number of benzene rings is 4. The average molecular weight is 814 g/mol. The lowest BCUT2D eigenvalue weighted by atomic mass is 9.82. The van der Waals surface area contributed by atoms with Crippen molar-refractivity contribution in [3.8, 4) is 5.75 Å². The number of aliphatic hydroxyl groups excluding tert-OH is 1. The third kappa shape index (κ3) is 7.23. The minimum Gasteiger partial charge on any atom is -0.497 e. The number of fused-ring (bicyclic) bond motifs is 2. The van der Waals surface area contributed by atoms with Crippen LogP contribution >= 0.6 is 0 Å². The van der Waals surface area contributed by atoms with Crippen LogP contribution in [0.1, 0.15) is 48.6 Å². The predicted molar refractivity (Wildman–Crippen MR) is 225 cm³/mol. The summed E-state index contributed by atoms with van der Waals surface area (Å²) in [6, 6.07) is 29.9. The number of ether oxygens (including phenoxy) is 2. The first-order valence-electron chi connectivity index (χ1n) is 19.9. The van der Waals surface area contributed by atoms with Gasteiger partial charge in [-0.25, -0.2) is 5.01 Å². The van der Waals surface area contributed by atoms with Gasteiger partial charge in [-0.2, -0.15) is 5.10 Å². The van der Waals surface area contributed by atoms with Crippen molar-refractivity contribution in [2.24, 2.45) is 11.0 Å². The van der Waals surface area contributed by atoms with Gasteiger partial charge in [-0.1, -0.05) is 85.0 Å². The molecule has 3 aliphatic heterocycles. The Hall–Kier alpha value is -6.03. The van der Waals surface area contributed by atoms with Crippen LogP contribution in [0.2, 0.25) is 18.6 Å². The molecular weight excluding hydrogens is 767 g/mol. The Balaban J connectivity index is 1.17. The van der Waals surface area contributed by atoms with E-state index in [0.717, 1.165) is 27.8 Å². The monoisotopic (exact) mass is 813 g/mol. The van der Waals surface area contributed by atoms with Gasteiger partial charge in [-0.3, -0.25) is 24.4 Å². The van der Waals surface area contributed by atoms with Crippen LogP contribution in [0.4, 0.5) is 17.1 Å². The number of non-ortho nitro benzene ring substituents is 1. The van der Waals surface area contributed by atoms with E-state index < -0.39 is 30.6 Å². The molecule has 0 unspecified atom stereocenters. The molecule has 3 aliphatic rings. The molecule has 1 N–H and O–H groups in total. The Morgan fingerprint density at radius 2 is 1.78 bits per heavy atom. The van der Waals surface area contributed by atoms with Crippen molar-refractivity contribution in [2.45, 2.75) is 76.0 Å². The second-order valence-corrected chi connectivity index (χ2v) is 20.7. The summed E-state index contributed by atoms with van der Waals surface area (Å²) in [6.07, 6.45) is 3.12. The van der Waals surface area contributed by atoms with Gasteiger partial charge in [-0.05, 0) is 53.4 Å². The number of hydrazone groups is 1. The molecule has 0 bridgehead atoms. The van der Waals surface area contributed by atoms with E-state index in [1.807, 2.05) is 79.9 Å². The molecule has 1 aromatic heterocycles. The fourth-order valence-corrected chi connectivity index (χ4v) is 13.4. The number of aromatic nitrogens is 3. The molecule has 4 heterocycles. The molecule has 2 amide bonds. The van der Waals surface area contributed by atoms with Crippen LogP contribution in [0.15, 0.2) is 108 Å². The molecule has 15 heteroatoms. The number of aryl methyl sites for hydroxylation is 1. The Kier molecular flexibility index (Phi) is 10.8. The number of aliphatic hydroxyl groups is 1. The Bertz CT molecular complexity index is 2420. The number of methoxy groups -OCH3 is 1. The molecule has 1 saturated heterocycles. The third-order valence-electron chi connectivity index (χ3n) is 12.3. The normalized spacial score (nSPS) is 21.6. The minimum atomic E-state index is -2.51. The first-order valence-corrected chi connectivity index (χ1v) is 23.0. The lowest BCUT2D eigenvalue weighted by Crippen LogP contribution is -2.51. The molecular formula is C44H47N7O7Si. The predicted octanol–water partition coefficient (Wildman–Crippen LogP) is 6.11. The van der Waals surface area contributed by atoms with E-state index in [0.29, 0.717) is 54.9 Å². The highest BCUT2D eigenvalue weighted by atomic mass is 28.3. The number of nitrogens with zero attached hydrogens (tertiary/aromatic N) is 7. The van der Waals surface area contributed by atoms with Crippen LogP contribution < -0.4 is 19.8 Å². The van der Waals surface area contributed by atoms with E-state index in [9.17, 15) is 20.0 Å². The van der Waals surface area contributed by atoms with E-state index in [2.05, 4.69) is 35.5 Å². The summed E-state index contributed by atoms with van der Waals surface area (Å²) in [6.45, 7) is 7.16. The molecule has 304 valence electrons. The zero-order valence-electron chi connectivity index (χ0n) is 33.5. The topological polar surface area (TPSA) is 166 Å². The van der Waals surface area contributed by atoms with Gasteiger partial charge in [0.2, 0.25) is 5.91 Å². The summed E-state index contributed by atoms with van der Waals surface area (Å²) < 4.78 is 14.4. The summed E-state index contributed by atoms with van der Waals surface area (Å²) >= 11 is 0. The number of amides is 2. The molecule has 8 rings (SSSR count). The van der Waals surface area contributed by atoms with Crippen LogP contribution in [0.3, 0.4) is 0 Å². The van der Waals surface area contributed by atoms with E-state index in [1.54, 1.807) is 22.8 Å². The van der Waals surface area contributed by atoms with E-state index in [1.165, 1.54) is 17.1 Å². The van der Waals surface area contributed by atoms with Gasteiger partial charge in [0, 0.05) is 62.2 Å². The van der Waals surface area contributed by atoms with Crippen molar-refractivity contribution >= 4 is 47.8 Å². The summed E-state index contributed by atoms with van der Waals surface area (Å²) in [4.78, 5) is 42.2. The van der Waals surface area contributed by atoms with Crippen LogP contribution in [0.5, 0.6) is 5.75 Å². The van der Waals surface area contributed by atoms with Crippen molar-refractivity contribution in [1.82, 2.24) is 15.0 Å². The number of anilines is 2. The average Bonchev–Trinajstić information content (AvgIpc) is 3.90. The maximum absolute atomic E-state index is 15.4. The quantitative estimate of drug-likeness (QED) is 0.0839. The van der Waals surface area contributed by atoms with Crippen molar-refractivity contribution in [1.29, 1.82) is 0 Å². The fourth-order valence-electron chi connectivity index (χ4n) is 9.34. The van der Waals surface area contributed by atoms with Crippen molar-refractivity contribution in [2.75, 3.05) is 23.6 Å². The van der Waals surface area contributed by atoms with Crippen LogP contribution in [-0.4, -0.2) is 70.4 Å². The summed E-state index contributed by atoms with van der Waals surface area (Å²) in [7, 11) is -0.874. The zero-order valence-corrected chi connectivity index (χ0v) is 34.5. The Morgan fingerprint density at radius 3 is 2.51 bits per heavy atom. The van der Waals surface area contributed by atoms with Crippen LogP contribution in [0.25, 0.3) is 0 Å². The Morgan fingerprint density at radius 1 is 1.00 bits per heavy atom. The molecule has 0 radical (unpaired) electrons. The SMILES string of the molecule is COc1ccc([Si](C)(C)[C@H]2[C@H](CCn3cc(CCO)nn3)O[C@@]3(C(=O)N(Cc4cccc(N5N=C(c6ccccc6)CCC5=O)c4)c4ccc([N+](=O)[O-])cc43)[C@@H]2C)cc1. The first kappa shape index (κ1) is 39.8. The number of hydrogen-bond donors (Lipinski definition) is 1. The lowest BCUT2D eigenvalue weighted by Gasteiger charge is -2.37. The van der Waals surface area contributed by atoms with Gasteiger partial charge in [0.05, 0.1) is 55.5 Å². The van der Waals surface area contributed by atoms with E-state index in [-0.39, 0.29) is 36.2 Å². The second-order valence-electron chi connectivity index (χ2n) is 16.0. The van der Waals surface area contributed by atoms with Crippen molar-refractivity contribution < 1.29 is 29.1 Å². The first-order chi connectivity index (χ1) is 28.4. The molecule has 14 nitrogen and oxygen atoms in total. The molecule has 5 aromatic rings. The minimum absolute atomic E-state index is 0.0395. The number of rotatable bonds is 13. The van der Waals surface area contributed by atoms with Gasteiger partial charge >= 0.3 is 0 Å². The van der Waals surface area contributed by atoms with Gasteiger partial charge in [0.15, 0.2) is 5.60 Å². The highest BCUT2D eigenvalue weighted by Gasteiger charge is 2.66. The van der Waals surface area contributed by atoms with Crippen LogP contribution in [-0.2, 0) is 39.4 Å². The number of nitro groups is 1. The van der Waals surface area contributed by atoms with Gasteiger partial charge in [-0.15, -0.1) is 5.10 Å². The molecule has 4 atom stereocenters. The molecule has 0 saturated carbocycles. The second kappa shape index (κ2) is 16.0. The highest BCUT2D eigenvalue weighted by Crippen LogP contribution is 2.60. The maximum atomic E-state index is 15.4. The molecule has 0 aliphatic carbocycles. The van der Waals surface area contributed by atoms with Gasteiger partial charge < -0.3 is 19.5 Å². The maximum Gasteiger partial charge on any atom is 0.269 e. The lowest BCUT2D eigenvalue weighted by molar-refractivity contribution is -0.385. The largest absolute Gasteiger partial charge is 0.497 e. The standard InChI is InChI=1S/C44H47N7O7Si/c1-29-42(59(3,4)36-16-14-35(57-2)15-17-36)40(21-23-48-28-32(22-24-52)45-47-48)58-44(29)37-26-34(51(55)56)13-19-39(37)49(43(44)54)27-30-9-8-12-33(25-30)50-41(53)20-18-38(46-50)31-10-6-5-7-11-31/h5-17,19,25-26,28-29,40,42,52H,18,20-24,27H2,1-4H3/t29-,40+,42-,44+/m1/s1. The van der Waals surface area contributed by atoms with E-state index in [4.69, 9.17) is 14.6 Å². The zero-order chi connectivity index (χ0) is 41.5. The highest BCUT2D eigenvalue weighted by molar-refractivity contribution is 6.91. The third-order valence-corrected chi connectivity index (χ3v) is 16.6. The molecule has 1 spiro atoms. The Labute approximate surface area is 343 Å². The van der Waals surface area contributed by atoms with E-state index >= 15 is 4.79 Å². The van der Waals surface area contributed by atoms with Crippen molar-refractivity contribution in [3.63, 3.8) is 0 Å². The van der Waals surface area contributed by atoms with Crippen molar-refractivity contribution in [3.05, 3.63) is 136 Å². The summed E-state index contributed by atoms with van der Waals surface area (Å²) in [5.74, 6) is -0.0621. The number of carbonyl (C=O) groups excluding carboxylic acids is 2. The van der Waals surface area contributed by atoms with Gasteiger partial charge in [0.1, 0.15) is 5.75 Å². The molecule has 59 heavy (non-hydrogen) atoms. The number of carbonyl (C=O) groups is 2. The summed E-state index contributed by atoms with van der Waals surface area (Å²) in [5, 5.41) is 37.6. The van der Waals surface area contributed by atoms with Crippen LogP contribution in [0, 0.1) is 16.0 Å². The van der Waals surface area contributed by atoms with Gasteiger partial charge in [0.25, 0.3) is 11.6 Å². The number of nitro benzene ring substituents is 1. The fraction of sp³-hybridized carbons (Fsp3) is 0.341. The molecule has 4 aromatic carbocycles. The smallest absolute Gasteiger partial charge is 0.269 e.